The molecule has 0 fully saturated rings. The van der Waals surface area contributed by atoms with Crippen LogP contribution in [0.5, 0.6) is 5.75 Å². The highest BCUT2D eigenvalue weighted by atomic mass is 79.9. The minimum absolute atomic E-state index is 0.0440. The SMILES string of the molecule is N#CCc1ccc(NC(=O)CCCOc2ccc(Br)cc2)cc1. The fourth-order valence-corrected chi connectivity index (χ4v) is 2.24. The Bertz CT molecular complexity index is 676. The van der Waals surface area contributed by atoms with Crippen LogP contribution in [0.3, 0.4) is 0 Å². The van der Waals surface area contributed by atoms with E-state index in [-0.39, 0.29) is 5.91 Å². The number of nitrogens with one attached hydrogen (secondary N) is 1. The van der Waals surface area contributed by atoms with Crippen LogP contribution in [0.2, 0.25) is 0 Å². The lowest BCUT2D eigenvalue weighted by molar-refractivity contribution is -0.116. The van der Waals surface area contributed by atoms with Crippen LogP contribution in [0.1, 0.15) is 18.4 Å². The van der Waals surface area contributed by atoms with Crippen molar-refractivity contribution in [2.45, 2.75) is 19.3 Å². The zero-order chi connectivity index (χ0) is 16.5. The van der Waals surface area contributed by atoms with E-state index >= 15 is 0 Å². The molecule has 2 aromatic rings. The molecule has 0 aromatic heterocycles. The molecule has 1 N–H and O–H groups in total. The maximum absolute atomic E-state index is 11.9. The number of halogens is 1. The number of rotatable bonds is 7. The van der Waals surface area contributed by atoms with Crippen LogP contribution < -0.4 is 10.1 Å². The number of anilines is 1. The Kier molecular flexibility index (Phi) is 6.64. The van der Waals surface area contributed by atoms with Crippen LogP contribution in [-0.4, -0.2) is 12.5 Å². The van der Waals surface area contributed by atoms with Crippen molar-refractivity contribution in [3.05, 3.63) is 58.6 Å². The molecule has 2 rings (SSSR count). The number of benzene rings is 2. The Balaban J connectivity index is 1.68. The summed E-state index contributed by atoms with van der Waals surface area (Å²) >= 11 is 3.37. The molecule has 0 saturated heterocycles. The van der Waals surface area contributed by atoms with Crippen LogP contribution in [-0.2, 0) is 11.2 Å². The van der Waals surface area contributed by atoms with Gasteiger partial charge in [-0.1, -0.05) is 28.1 Å². The Morgan fingerprint density at radius 2 is 1.83 bits per heavy atom. The number of carbonyl (C=O) groups excluding carboxylic acids is 1. The number of ether oxygens (including phenoxy) is 1. The molecule has 4 nitrogen and oxygen atoms in total. The average molecular weight is 373 g/mol. The lowest BCUT2D eigenvalue weighted by Crippen LogP contribution is -2.12. The van der Waals surface area contributed by atoms with Gasteiger partial charge in [-0.2, -0.15) is 5.26 Å². The molecule has 0 aliphatic heterocycles. The minimum Gasteiger partial charge on any atom is -0.494 e. The quantitative estimate of drug-likeness (QED) is 0.736. The Labute approximate surface area is 144 Å². The number of carbonyl (C=O) groups is 1. The van der Waals surface area contributed by atoms with Crippen molar-refractivity contribution in [1.29, 1.82) is 5.26 Å². The van der Waals surface area contributed by atoms with E-state index < -0.39 is 0 Å². The number of amides is 1. The standard InChI is InChI=1S/C18H17BrN2O2/c19-15-5-9-17(10-6-15)23-13-1-2-18(22)21-16-7-3-14(4-8-16)11-12-20/h3-10H,1-2,11,13H2,(H,21,22). The van der Waals surface area contributed by atoms with Crippen molar-refractivity contribution in [2.75, 3.05) is 11.9 Å². The molecule has 0 atom stereocenters. The first-order valence-corrected chi connectivity index (χ1v) is 8.11. The predicted molar refractivity (Wildman–Crippen MR) is 93.3 cm³/mol. The lowest BCUT2D eigenvalue weighted by atomic mass is 10.1. The first-order valence-electron chi connectivity index (χ1n) is 7.31. The summed E-state index contributed by atoms with van der Waals surface area (Å²) in [5.41, 5.74) is 1.68. The van der Waals surface area contributed by atoms with Crippen molar-refractivity contribution in [3.63, 3.8) is 0 Å². The molecule has 1 amide bonds. The topological polar surface area (TPSA) is 62.1 Å². The van der Waals surface area contributed by atoms with Gasteiger partial charge in [-0.25, -0.2) is 0 Å². The van der Waals surface area contributed by atoms with Crippen LogP contribution >= 0.6 is 15.9 Å². The monoisotopic (exact) mass is 372 g/mol. The summed E-state index contributed by atoms with van der Waals surface area (Å²) in [7, 11) is 0. The second kappa shape index (κ2) is 8.96. The molecule has 2 aromatic carbocycles. The second-order valence-electron chi connectivity index (χ2n) is 4.99. The van der Waals surface area contributed by atoms with Gasteiger partial charge >= 0.3 is 0 Å². The van der Waals surface area contributed by atoms with Gasteiger partial charge in [0, 0.05) is 16.6 Å². The number of nitrogens with zero attached hydrogens (tertiary/aromatic N) is 1. The van der Waals surface area contributed by atoms with Crippen LogP contribution in [0.4, 0.5) is 5.69 Å². The largest absolute Gasteiger partial charge is 0.494 e. The predicted octanol–water partition coefficient (Wildman–Crippen LogP) is 4.31. The molecule has 0 bridgehead atoms. The van der Waals surface area contributed by atoms with Crippen molar-refractivity contribution >= 4 is 27.5 Å². The highest BCUT2D eigenvalue weighted by molar-refractivity contribution is 9.10. The molecule has 0 heterocycles. The van der Waals surface area contributed by atoms with E-state index in [1.165, 1.54) is 0 Å². The summed E-state index contributed by atoms with van der Waals surface area (Å²) in [5, 5.41) is 11.5. The van der Waals surface area contributed by atoms with Gasteiger partial charge in [0.15, 0.2) is 0 Å². The van der Waals surface area contributed by atoms with Crippen LogP contribution in [0, 0.1) is 11.3 Å². The molecule has 0 saturated carbocycles. The summed E-state index contributed by atoms with van der Waals surface area (Å²) in [6, 6.07) is 17.0. The third-order valence-electron chi connectivity index (χ3n) is 3.15. The highest BCUT2D eigenvalue weighted by Gasteiger charge is 2.03. The summed E-state index contributed by atoms with van der Waals surface area (Å²) in [4.78, 5) is 11.9. The van der Waals surface area contributed by atoms with Gasteiger partial charge in [0.2, 0.25) is 5.91 Å². The Hall–Kier alpha value is -2.32. The number of nitriles is 1. The number of hydrogen-bond acceptors (Lipinski definition) is 3. The molecule has 118 valence electrons. The van der Waals surface area contributed by atoms with Crippen molar-refractivity contribution < 1.29 is 9.53 Å². The molecule has 0 aliphatic carbocycles. The second-order valence-corrected chi connectivity index (χ2v) is 5.90. The lowest BCUT2D eigenvalue weighted by Gasteiger charge is -2.07. The number of hydrogen-bond donors (Lipinski definition) is 1. The first-order chi connectivity index (χ1) is 11.2. The maximum Gasteiger partial charge on any atom is 0.224 e. The minimum atomic E-state index is -0.0440. The van der Waals surface area contributed by atoms with Gasteiger partial charge in [-0.3, -0.25) is 4.79 Å². The molecule has 0 unspecified atom stereocenters. The van der Waals surface area contributed by atoms with E-state index in [0.717, 1.165) is 21.5 Å². The summed E-state index contributed by atoms with van der Waals surface area (Å²) in [5.74, 6) is 0.749. The molecule has 0 aliphatic rings. The van der Waals surface area contributed by atoms with Gasteiger partial charge in [-0.05, 0) is 48.4 Å². The third kappa shape index (κ3) is 6.13. The van der Waals surface area contributed by atoms with E-state index in [0.29, 0.717) is 25.9 Å². The summed E-state index contributed by atoms with van der Waals surface area (Å²) in [6.07, 6.45) is 1.42. The van der Waals surface area contributed by atoms with E-state index in [1.807, 2.05) is 48.5 Å². The molecule has 0 radical (unpaired) electrons. The normalized spacial score (nSPS) is 9.91. The summed E-state index contributed by atoms with van der Waals surface area (Å²) in [6.45, 7) is 0.496. The zero-order valence-electron chi connectivity index (χ0n) is 12.6. The van der Waals surface area contributed by atoms with Gasteiger partial charge in [-0.15, -0.1) is 0 Å². The van der Waals surface area contributed by atoms with Crippen LogP contribution in [0.25, 0.3) is 0 Å². The third-order valence-corrected chi connectivity index (χ3v) is 3.68. The average Bonchev–Trinajstić information content (AvgIpc) is 2.55. The van der Waals surface area contributed by atoms with Gasteiger partial charge in [0.1, 0.15) is 5.75 Å². The molecule has 23 heavy (non-hydrogen) atoms. The molecule has 5 heteroatoms. The fourth-order valence-electron chi connectivity index (χ4n) is 1.97. The Morgan fingerprint density at radius 3 is 2.48 bits per heavy atom. The van der Waals surface area contributed by atoms with E-state index in [1.54, 1.807) is 0 Å². The first kappa shape index (κ1) is 17.0. The van der Waals surface area contributed by atoms with E-state index in [4.69, 9.17) is 10.00 Å². The molecule has 0 spiro atoms. The van der Waals surface area contributed by atoms with Crippen molar-refractivity contribution in [3.8, 4) is 11.8 Å². The molecular weight excluding hydrogens is 356 g/mol. The Morgan fingerprint density at radius 1 is 1.13 bits per heavy atom. The fraction of sp³-hybridized carbons (Fsp3) is 0.222. The molecular formula is C18H17BrN2O2. The van der Waals surface area contributed by atoms with Gasteiger partial charge in [0.05, 0.1) is 19.1 Å². The highest BCUT2D eigenvalue weighted by Crippen LogP contribution is 2.16. The van der Waals surface area contributed by atoms with E-state index in [9.17, 15) is 4.79 Å². The van der Waals surface area contributed by atoms with Crippen molar-refractivity contribution in [2.24, 2.45) is 0 Å². The van der Waals surface area contributed by atoms with Crippen molar-refractivity contribution in [1.82, 2.24) is 0 Å². The summed E-state index contributed by atoms with van der Waals surface area (Å²) < 4.78 is 6.58. The zero-order valence-corrected chi connectivity index (χ0v) is 14.2. The maximum atomic E-state index is 11.9. The van der Waals surface area contributed by atoms with Gasteiger partial charge < -0.3 is 10.1 Å². The smallest absolute Gasteiger partial charge is 0.224 e. The van der Waals surface area contributed by atoms with Crippen LogP contribution in [0.15, 0.2) is 53.0 Å². The van der Waals surface area contributed by atoms with E-state index in [2.05, 4.69) is 27.3 Å². The van der Waals surface area contributed by atoms with Gasteiger partial charge in [0.25, 0.3) is 0 Å².